The Kier molecular flexibility index (Phi) is 4.27. The Hall–Kier alpha value is -3.02. The van der Waals surface area contributed by atoms with Crippen LogP contribution in [0.4, 0.5) is 0 Å². The molecule has 0 N–H and O–H groups in total. The Balaban J connectivity index is 2.13. The van der Waals surface area contributed by atoms with Crippen molar-refractivity contribution in [1.29, 1.82) is 0 Å². The van der Waals surface area contributed by atoms with Gasteiger partial charge in [-0.2, -0.15) is 0 Å². The fourth-order valence-electron chi connectivity index (χ4n) is 2.34. The summed E-state index contributed by atoms with van der Waals surface area (Å²) in [6, 6.07) is 0. The minimum Gasteiger partial charge on any atom is -0.298 e. The van der Waals surface area contributed by atoms with Gasteiger partial charge in [-0.1, -0.05) is 25.3 Å². The molecule has 0 saturated carbocycles. The second-order valence-electron chi connectivity index (χ2n) is 5.22. The van der Waals surface area contributed by atoms with Gasteiger partial charge in [0.1, 0.15) is 0 Å². The van der Waals surface area contributed by atoms with Gasteiger partial charge in [-0.05, 0) is 12.2 Å². The highest BCUT2D eigenvalue weighted by molar-refractivity contribution is 6.49. The van der Waals surface area contributed by atoms with Gasteiger partial charge in [0.25, 0.3) is 0 Å². The van der Waals surface area contributed by atoms with E-state index in [1.54, 1.807) is 0 Å². The van der Waals surface area contributed by atoms with Crippen molar-refractivity contribution in [2.75, 3.05) is 0 Å². The van der Waals surface area contributed by atoms with Gasteiger partial charge in [0, 0.05) is 11.1 Å². The third-order valence-corrected chi connectivity index (χ3v) is 3.70. The molecule has 2 aliphatic rings. The molecule has 23 heavy (non-hydrogen) atoms. The van der Waals surface area contributed by atoms with Crippen molar-refractivity contribution >= 4 is 34.7 Å². The summed E-state index contributed by atoms with van der Waals surface area (Å²) in [6.45, 7) is 6.84. The lowest BCUT2D eigenvalue weighted by Crippen LogP contribution is -2.32. The van der Waals surface area contributed by atoms with Crippen molar-refractivity contribution in [2.45, 2.75) is 6.42 Å². The Morgan fingerprint density at radius 1 is 0.783 bits per heavy atom. The van der Waals surface area contributed by atoms with Crippen LogP contribution in [0.1, 0.15) is 6.42 Å². The van der Waals surface area contributed by atoms with E-state index in [2.05, 4.69) is 13.2 Å². The summed E-state index contributed by atoms with van der Waals surface area (Å²) in [6.07, 6.45) is 3.84. The Morgan fingerprint density at radius 2 is 1.13 bits per heavy atom. The van der Waals surface area contributed by atoms with E-state index in [1.807, 2.05) is 0 Å². The second kappa shape index (κ2) is 6.00. The number of rotatable bonds is 4. The number of hydrogen-bond donors (Lipinski definition) is 0. The number of ketones is 6. The van der Waals surface area contributed by atoms with Crippen LogP contribution < -0.4 is 0 Å². The first-order chi connectivity index (χ1) is 10.7. The van der Waals surface area contributed by atoms with Crippen LogP contribution in [0, 0.1) is 11.8 Å². The van der Waals surface area contributed by atoms with Gasteiger partial charge in [-0.25, -0.2) is 0 Å². The zero-order valence-corrected chi connectivity index (χ0v) is 12.0. The van der Waals surface area contributed by atoms with E-state index >= 15 is 0 Å². The molecule has 0 amide bonds. The summed E-state index contributed by atoms with van der Waals surface area (Å²) in [4.78, 5) is 69.7. The van der Waals surface area contributed by atoms with Gasteiger partial charge in [-0.3, -0.25) is 28.8 Å². The van der Waals surface area contributed by atoms with Crippen molar-refractivity contribution in [3.8, 4) is 0 Å². The average molecular weight is 312 g/mol. The van der Waals surface area contributed by atoms with Crippen LogP contribution >= 0.6 is 0 Å². The molecule has 2 aliphatic carbocycles. The van der Waals surface area contributed by atoms with Crippen LogP contribution in [0.2, 0.25) is 0 Å². The molecule has 0 bridgehead atoms. The highest BCUT2D eigenvalue weighted by atomic mass is 16.2. The summed E-state index contributed by atoms with van der Waals surface area (Å²) in [5.74, 6) is -6.55. The van der Waals surface area contributed by atoms with Gasteiger partial charge in [0.05, 0.1) is 18.3 Å². The third-order valence-electron chi connectivity index (χ3n) is 3.70. The molecule has 0 aliphatic heterocycles. The molecule has 2 rings (SSSR count). The monoisotopic (exact) mass is 312 g/mol. The molecule has 6 heteroatoms. The van der Waals surface area contributed by atoms with Gasteiger partial charge < -0.3 is 0 Å². The van der Waals surface area contributed by atoms with Crippen molar-refractivity contribution in [3.05, 3.63) is 48.6 Å². The zero-order chi connectivity index (χ0) is 17.3. The van der Waals surface area contributed by atoms with Crippen LogP contribution in [0.15, 0.2) is 48.6 Å². The highest BCUT2D eigenvalue weighted by Gasteiger charge is 2.35. The average Bonchev–Trinajstić information content (AvgIpc) is 2.50. The third kappa shape index (κ3) is 2.96. The lowest BCUT2D eigenvalue weighted by molar-refractivity contribution is -0.134. The van der Waals surface area contributed by atoms with Crippen LogP contribution in [0.5, 0.6) is 0 Å². The minimum absolute atomic E-state index is 0.181. The molecular weight excluding hydrogens is 300 g/mol. The molecule has 0 spiro atoms. The van der Waals surface area contributed by atoms with Gasteiger partial charge >= 0.3 is 0 Å². The van der Waals surface area contributed by atoms with Gasteiger partial charge in [-0.15, -0.1) is 0 Å². The minimum atomic E-state index is -1.04. The first-order valence-electron chi connectivity index (χ1n) is 6.70. The molecule has 0 radical (unpaired) electrons. The summed E-state index contributed by atoms with van der Waals surface area (Å²) in [5, 5.41) is 0. The summed E-state index contributed by atoms with van der Waals surface area (Å²) >= 11 is 0. The number of carbonyl (C=O) groups excluding carboxylic acids is 6. The maximum absolute atomic E-state index is 12.2. The van der Waals surface area contributed by atoms with E-state index in [-0.39, 0.29) is 11.1 Å². The summed E-state index contributed by atoms with van der Waals surface area (Å²) < 4.78 is 0. The van der Waals surface area contributed by atoms with Gasteiger partial charge in [0.2, 0.25) is 23.1 Å². The molecule has 0 saturated heterocycles. The van der Waals surface area contributed by atoms with Gasteiger partial charge in [0.15, 0.2) is 11.6 Å². The molecule has 0 aromatic heterocycles. The summed E-state index contributed by atoms with van der Waals surface area (Å²) in [5.41, 5.74) is -0.362. The van der Waals surface area contributed by atoms with E-state index in [1.165, 1.54) is 12.2 Å². The number of allylic oxidation sites excluding steroid dienone is 6. The van der Waals surface area contributed by atoms with Crippen LogP contribution in [0.3, 0.4) is 0 Å². The van der Waals surface area contributed by atoms with Crippen molar-refractivity contribution < 1.29 is 28.8 Å². The van der Waals surface area contributed by atoms with Crippen molar-refractivity contribution in [2.24, 2.45) is 11.8 Å². The molecule has 0 heterocycles. The predicted octanol–water partition coefficient (Wildman–Crippen LogP) is 0.275. The quantitative estimate of drug-likeness (QED) is 0.419. The largest absolute Gasteiger partial charge is 0.298 e. The van der Waals surface area contributed by atoms with Crippen LogP contribution in [-0.2, 0) is 28.8 Å². The lowest BCUT2D eigenvalue weighted by Gasteiger charge is -2.19. The molecule has 0 aromatic carbocycles. The SMILES string of the molecule is C=C1C(=O)C(=O)C=CC1C(=O)CC(=O)C1C=CC(=O)C(=O)C1=C. The zero-order valence-electron chi connectivity index (χ0n) is 12.0. The van der Waals surface area contributed by atoms with Crippen LogP contribution in [-0.4, -0.2) is 34.7 Å². The Morgan fingerprint density at radius 3 is 1.48 bits per heavy atom. The molecule has 0 fully saturated rings. The smallest absolute Gasteiger partial charge is 0.229 e. The first kappa shape index (κ1) is 16.4. The molecule has 0 aromatic rings. The topological polar surface area (TPSA) is 102 Å². The van der Waals surface area contributed by atoms with E-state index in [4.69, 9.17) is 0 Å². The number of Topliss-reactive ketones (excluding diaryl/α,β-unsaturated/α-hetero) is 4. The standard InChI is InChI=1S/C17H12O6/c1-8-10(3-5-12(18)16(8)22)14(20)7-15(21)11-4-6-13(19)17(23)9(11)2/h3-6,10-11H,1-2,7H2. The Bertz CT molecular complexity index is 698. The maximum Gasteiger partial charge on any atom is 0.229 e. The molecule has 2 atom stereocenters. The van der Waals surface area contributed by atoms with Crippen LogP contribution in [0.25, 0.3) is 0 Å². The molecule has 6 nitrogen and oxygen atoms in total. The van der Waals surface area contributed by atoms with E-state index in [9.17, 15) is 28.8 Å². The first-order valence-corrected chi connectivity index (χ1v) is 6.70. The lowest BCUT2D eigenvalue weighted by atomic mass is 9.80. The second-order valence-corrected chi connectivity index (χ2v) is 5.22. The predicted molar refractivity (Wildman–Crippen MR) is 78.2 cm³/mol. The number of hydrogen-bond acceptors (Lipinski definition) is 6. The normalized spacial score (nSPS) is 24.3. The summed E-state index contributed by atoms with van der Waals surface area (Å²) in [7, 11) is 0. The Labute approximate surface area is 131 Å². The fraction of sp³-hybridized carbons (Fsp3) is 0.176. The maximum atomic E-state index is 12.2. The molecule has 2 unspecified atom stereocenters. The van der Waals surface area contributed by atoms with E-state index < -0.39 is 53.0 Å². The van der Waals surface area contributed by atoms with E-state index in [0.29, 0.717) is 0 Å². The molecular formula is C17H12O6. The van der Waals surface area contributed by atoms with Crippen molar-refractivity contribution in [1.82, 2.24) is 0 Å². The number of carbonyl (C=O) groups is 6. The van der Waals surface area contributed by atoms with Crippen molar-refractivity contribution in [3.63, 3.8) is 0 Å². The molecule has 116 valence electrons. The van der Waals surface area contributed by atoms with E-state index in [0.717, 1.165) is 12.2 Å². The highest BCUT2D eigenvalue weighted by Crippen LogP contribution is 2.24. The fourth-order valence-corrected chi connectivity index (χ4v) is 2.34.